The summed E-state index contributed by atoms with van der Waals surface area (Å²) in [5.41, 5.74) is 0.713. The van der Waals surface area contributed by atoms with Crippen LogP contribution in [0.5, 0.6) is 0 Å². The smallest absolute Gasteiger partial charge is 0.315 e. The van der Waals surface area contributed by atoms with Gasteiger partial charge in [0.15, 0.2) is 0 Å². The van der Waals surface area contributed by atoms with Crippen molar-refractivity contribution >= 4 is 5.97 Å². The van der Waals surface area contributed by atoms with Crippen molar-refractivity contribution in [3.05, 3.63) is 71.4 Å². The normalized spacial score (nSPS) is 43.4. The highest BCUT2D eigenvalue weighted by molar-refractivity contribution is 5.83. The van der Waals surface area contributed by atoms with Gasteiger partial charge < -0.3 is 19.7 Å². The fourth-order valence-electron chi connectivity index (χ4n) is 5.68. The van der Waals surface area contributed by atoms with Crippen molar-refractivity contribution in [2.75, 3.05) is 0 Å². The summed E-state index contributed by atoms with van der Waals surface area (Å²) in [6.45, 7) is 15.4. The van der Waals surface area contributed by atoms with Gasteiger partial charge in [-0.25, -0.2) is 0 Å². The first kappa shape index (κ1) is 26.4. The van der Waals surface area contributed by atoms with Crippen LogP contribution < -0.4 is 0 Å². The Morgan fingerprint density at radius 3 is 2.32 bits per heavy atom. The van der Waals surface area contributed by atoms with Crippen molar-refractivity contribution in [1.29, 1.82) is 0 Å². The number of ether oxygens (including phenoxy) is 2. The van der Waals surface area contributed by atoms with Crippen LogP contribution >= 0.6 is 0 Å². The summed E-state index contributed by atoms with van der Waals surface area (Å²) in [7, 11) is 0. The van der Waals surface area contributed by atoms with Crippen LogP contribution in [0.4, 0.5) is 0 Å². The van der Waals surface area contributed by atoms with Crippen molar-refractivity contribution in [1.82, 2.24) is 0 Å². The molecule has 186 valence electrons. The van der Waals surface area contributed by atoms with Crippen molar-refractivity contribution in [3.8, 4) is 0 Å². The summed E-state index contributed by atoms with van der Waals surface area (Å²) in [5, 5.41) is 21.0. The zero-order valence-corrected chi connectivity index (χ0v) is 21.7. The maximum absolute atomic E-state index is 12.4. The summed E-state index contributed by atoms with van der Waals surface area (Å²) in [4.78, 5) is 12.4. The van der Waals surface area contributed by atoms with Crippen molar-refractivity contribution in [3.63, 3.8) is 0 Å². The van der Waals surface area contributed by atoms with Crippen LogP contribution in [0.25, 0.3) is 0 Å². The molecule has 8 atom stereocenters. The molecular weight excluding hydrogens is 428 g/mol. The van der Waals surface area contributed by atoms with E-state index in [0.717, 1.165) is 16.7 Å². The van der Waals surface area contributed by atoms with E-state index in [4.69, 9.17) is 9.47 Å². The lowest BCUT2D eigenvalue weighted by Gasteiger charge is -2.37. The van der Waals surface area contributed by atoms with Crippen LogP contribution in [-0.4, -0.2) is 46.2 Å². The van der Waals surface area contributed by atoms with Crippen LogP contribution in [0.2, 0.25) is 0 Å². The van der Waals surface area contributed by atoms with Gasteiger partial charge in [-0.05, 0) is 58.8 Å². The first-order valence-electron chi connectivity index (χ1n) is 12.1. The van der Waals surface area contributed by atoms with Crippen molar-refractivity contribution < 1.29 is 24.5 Å². The molecule has 0 aromatic rings. The predicted molar refractivity (Wildman–Crippen MR) is 135 cm³/mol. The maximum Gasteiger partial charge on any atom is 0.315 e. The topological polar surface area (TPSA) is 76.0 Å². The summed E-state index contributed by atoms with van der Waals surface area (Å²) in [6.07, 6.45) is 16.4. The number of hydrogen-bond donors (Lipinski definition) is 2. The Morgan fingerprint density at radius 2 is 1.68 bits per heavy atom. The molecule has 5 nitrogen and oxygen atoms in total. The van der Waals surface area contributed by atoms with Gasteiger partial charge in [-0.1, -0.05) is 68.0 Å². The van der Waals surface area contributed by atoms with Gasteiger partial charge in [0.25, 0.3) is 0 Å². The molecule has 5 heteroatoms. The summed E-state index contributed by atoms with van der Waals surface area (Å²) in [6, 6.07) is 0. The van der Waals surface area contributed by atoms with E-state index < -0.39 is 22.5 Å². The quantitative estimate of drug-likeness (QED) is 0.327. The predicted octanol–water partition coefficient (Wildman–Crippen LogP) is 4.98. The first-order valence-corrected chi connectivity index (χ1v) is 12.1. The molecule has 2 heterocycles. The molecule has 0 amide bonds. The number of rotatable bonds is 6. The second kappa shape index (κ2) is 9.44. The van der Waals surface area contributed by atoms with E-state index in [1.165, 1.54) is 0 Å². The standard InChI is InChI=1S/C29H40O5/c1-18(16-27(6)25-21(4)24(30)29(27,8)26(31)34-25)14-12-10-9-11-13-15-19(2)23-20(3)17-28(7,32)22(5)33-23/h9-17,21-25,30,32H,1-8H3/b10-9+,13-11+,14-12+,18-16+,19-15+/t21-,22+,23-,24-,25-,27+,28+,29-/m0/s1. The third-order valence-corrected chi connectivity index (χ3v) is 8.14. The van der Waals surface area contributed by atoms with Gasteiger partial charge in [-0.3, -0.25) is 4.79 Å². The Kier molecular flexibility index (Phi) is 7.33. The molecule has 0 aromatic carbocycles. The summed E-state index contributed by atoms with van der Waals surface area (Å²) in [5.74, 6) is -0.395. The third kappa shape index (κ3) is 4.41. The third-order valence-electron chi connectivity index (χ3n) is 8.14. The van der Waals surface area contributed by atoms with Gasteiger partial charge in [0, 0.05) is 11.3 Å². The zero-order chi connectivity index (χ0) is 25.5. The minimum Gasteiger partial charge on any atom is -0.461 e. The number of carbonyl (C=O) groups is 1. The Morgan fingerprint density at radius 1 is 1.06 bits per heavy atom. The van der Waals surface area contributed by atoms with Crippen LogP contribution in [0.1, 0.15) is 55.4 Å². The highest BCUT2D eigenvalue weighted by atomic mass is 16.6. The van der Waals surface area contributed by atoms with Crippen LogP contribution in [0, 0.1) is 16.7 Å². The number of carbonyl (C=O) groups excluding carboxylic acids is 1. The fourth-order valence-corrected chi connectivity index (χ4v) is 5.68. The molecule has 2 fully saturated rings. The molecular formula is C29H40O5. The van der Waals surface area contributed by atoms with E-state index in [1.54, 1.807) is 6.92 Å². The van der Waals surface area contributed by atoms with E-state index in [2.05, 4.69) is 6.08 Å². The average molecular weight is 469 g/mol. The number of esters is 1. The van der Waals surface area contributed by atoms with Gasteiger partial charge in [-0.2, -0.15) is 0 Å². The molecule has 0 unspecified atom stereocenters. The molecule has 1 saturated heterocycles. The Bertz CT molecular complexity index is 994. The SMILES string of the molecule is CC1=C[C@@](C)(O)[C@@H](C)O[C@H]1/C(C)=C/C=C/C=C/C=C/C(C)=C/[C@]1(C)[C@H]2OC(=O)[C@]1(C)[C@@H](O)[C@@H]2C. The van der Waals surface area contributed by atoms with Crippen molar-refractivity contribution in [2.45, 2.75) is 85.4 Å². The van der Waals surface area contributed by atoms with Gasteiger partial charge >= 0.3 is 5.97 Å². The first-order chi connectivity index (χ1) is 15.8. The number of hydrogen-bond acceptors (Lipinski definition) is 5. The number of aliphatic hydroxyl groups excluding tert-OH is 1. The van der Waals surface area contributed by atoms with Crippen LogP contribution in [0.3, 0.4) is 0 Å². The number of fused-ring (bicyclic) bond motifs is 2. The molecule has 0 spiro atoms. The Hall–Kier alpha value is -2.21. The highest BCUT2D eigenvalue weighted by Crippen LogP contribution is 2.63. The van der Waals surface area contributed by atoms with E-state index >= 15 is 0 Å². The molecule has 0 aromatic heterocycles. The second-order valence-electron chi connectivity index (χ2n) is 10.8. The van der Waals surface area contributed by atoms with E-state index in [9.17, 15) is 15.0 Å². The zero-order valence-electron chi connectivity index (χ0n) is 21.7. The molecule has 2 aliphatic heterocycles. The minimum atomic E-state index is -0.939. The molecule has 2 N–H and O–H groups in total. The van der Waals surface area contributed by atoms with Gasteiger partial charge in [0.05, 0.1) is 18.3 Å². The largest absolute Gasteiger partial charge is 0.461 e. The lowest BCUT2D eigenvalue weighted by molar-refractivity contribution is -0.165. The Balaban J connectivity index is 1.61. The highest BCUT2D eigenvalue weighted by Gasteiger charge is 2.73. The average Bonchev–Trinajstić information content (AvgIpc) is 3.02. The molecule has 1 saturated carbocycles. The molecule has 34 heavy (non-hydrogen) atoms. The van der Waals surface area contributed by atoms with Gasteiger partial charge in [0.1, 0.15) is 17.1 Å². The minimum absolute atomic E-state index is 0.0862. The van der Waals surface area contributed by atoms with Crippen LogP contribution in [-0.2, 0) is 14.3 Å². The van der Waals surface area contributed by atoms with Gasteiger partial charge in [0.2, 0.25) is 0 Å². The second-order valence-corrected chi connectivity index (χ2v) is 10.8. The molecule has 0 radical (unpaired) electrons. The van der Waals surface area contributed by atoms with E-state index in [0.29, 0.717) is 0 Å². The van der Waals surface area contributed by atoms with Crippen molar-refractivity contribution in [2.24, 2.45) is 16.7 Å². The number of aliphatic hydroxyl groups is 2. The molecule has 1 aliphatic carbocycles. The van der Waals surface area contributed by atoms with E-state index in [-0.39, 0.29) is 30.2 Å². The van der Waals surface area contributed by atoms with Crippen LogP contribution in [0.15, 0.2) is 71.4 Å². The monoisotopic (exact) mass is 468 g/mol. The number of allylic oxidation sites excluding steroid dienone is 8. The fraction of sp³-hybridized carbons (Fsp3) is 0.552. The molecule has 3 rings (SSSR count). The lowest BCUT2D eigenvalue weighted by atomic mass is 9.67. The lowest BCUT2D eigenvalue weighted by Crippen LogP contribution is -2.44. The summed E-state index contributed by atoms with van der Waals surface area (Å²) >= 11 is 0. The molecule has 2 bridgehead atoms. The Labute approximate surface area is 204 Å². The maximum atomic E-state index is 12.4. The van der Waals surface area contributed by atoms with Gasteiger partial charge in [-0.15, -0.1) is 0 Å². The van der Waals surface area contributed by atoms with E-state index in [1.807, 2.05) is 97.1 Å². The molecule has 3 aliphatic rings. The summed E-state index contributed by atoms with van der Waals surface area (Å²) < 4.78 is 11.6.